The van der Waals surface area contributed by atoms with Crippen LogP contribution in [0.1, 0.15) is 30.3 Å². The molecule has 2 heterocycles. The molecule has 1 aromatic carbocycles. The smallest absolute Gasteiger partial charge is 0.274 e. The normalized spacial score (nSPS) is 15.5. The van der Waals surface area contributed by atoms with Crippen molar-refractivity contribution in [3.05, 3.63) is 48.2 Å². The van der Waals surface area contributed by atoms with Crippen LogP contribution in [0.3, 0.4) is 0 Å². The molecule has 1 saturated heterocycles. The van der Waals surface area contributed by atoms with Gasteiger partial charge in [0.15, 0.2) is 11.5 Å². The Bertz CT molecular complexity index is 648. The van der Waals surface area contributed by atoms with Gasteiger partial charge in [0.2, 0.25) is 0 Å². The van der Waals surface area contributed by atoms with Gasteiger partial charge in [0.1, 0.15) is 0 Å². The first-order chi connectivity index (χ1) is 11.1. The highest BCUT2D eigenvalue weighted by molar-refractivity contribution is 5.92. The van der Waals surface area contributed by atoms with E-state index in [0.717, 1.165) is 37.4 Å². The predicted octanol–water partition coefficient (Wildman–Crippen LogP) is 3.12. The third-order valence-electron chi connectivity index (χ3n) is 4.43. The van der Waals surface area contributed by atoms with Crippen molar-refractivity contribution in [3.8, 4) is 0 Å². The van der Waals surface area contributed by atoms with Gasteiger partial charge in [0.05, 0.1) is 0 Å². The predicted molar refractivity (Wildman–Crippen MR) is 90.8 cm³/mol. The number of hydrogen-bond donors (Lipinski definition) is 0. The third-order valence-corrected chi connectivity index (χ3v) is 4.43. The fraction of sp³-hybridized carbons (Fsp3) is 0.389. The number of anilines is 2. The Labute approximate surface area is 136 Å². The summed E-state index contributed by atoms with van der Waals surface area (Å²) in [7, 11) is 1.94. The number of rotatable bonds is 3. The molecule has 5 heteroatoms. The maximum Gasteiger partial charge on any atom is 0.274 e. The van der Waals surface area contributed by atoms with Crippen LogP contribution in [-0.2, 0) is 0 Å². The van der Waals surface area contributed by atoms with Crippen LogP contribution < -0.4 is 4.90 Å². The van der Waals surface area contributed by atoms with E-state index >= 15 is 0 Å². The second-order valence-corrected chi connectivity index (χ2v) is 6.15. The lowest BCUT2D eigenvalue weighted by molar-refractivity contribution is 0.0690. The molecule has 1 aromatic heterocycles. The third kappa shape index (κ3) is 3.50. The number of nitrogens with zero attached hydrogens (tertiary/aromatic N) is 4. The minimum Gasteiger partial charge on any atom is -0.337 e. The lowest BCUT2D eigenvalue weighted by atomic mass is 9.99. The van der Waals surface area contributed by atoms with Gasteiger partial charge in [-0.15, -0.1) is 10.2 Å². The van der Waals surface area contributed by atoms with Crippen LogP contribution in [0.25, 0.3) is 0 Å². The molecule has 23 heavy (non-hydrogen) atoms. The van der Waals surface area contributed by atoms with Crippen LogP contribution in [0.2, 0.25) is 0 Å². The summed E-state index contributed by atoms with van der Waals surface area (Å²) < 4.78 is 0. The summed E-state index contributed by atoms with van der Waals surface area (Å²) in [6.07, 6.45) is 2.13. The van der Waals surface area contributed by atoms with Crippen molar-refractivity contribution >= 4 is 17.4 Å². The summed E-state index contributed by atoms with van der Waals surface area (Å²) in [5.74, 6) is 1.41. The molecule has 1 fully saturated rings. The number of para-hydroxylation sites is 1. The van der Waals surface area contributed by atoms with E-state index in [-0.39, 0.29) is 5.91 Å². The number of piperidine rings is 1. The molecule has 0 N–H and O–H groups in total. The Hall–Kier alpha value is -2.43. The topological polar surface area (TPSA) is 49.3 Å². The average molecular weight is 310 g/mol. The van der Waals surface area contributed by atoms with Crippen molar-refractivity contribution in [1.82, 2.24) is 15.1 Å². The summed E-state index contributed by atoms with van der Waals surface area (Å²) >= 11 is 0. The van der Waals surface area contributed by atoms with Crippen LogP contribution in [0, 0.1) is 5.92 Å². The lowest BCUT2D eigenvalue weighted by Crippen LogP contribution is -2.38. The monoisotopic (exact) mass is 310 g/mol. The minimum absolute atomic E-state index is 0.0154. The van der Waals surface area contributed by atoms with Gasteiger partial charge < -0.3 is 9.80 Å². The molecule has 3 rings (SSSR count). The van der Waals surface area contributed by atoms with Crippen molar-refractivity contribution in [1.29, 1.82) is 0 Å². The molecule has 0 saturated carbocycles. The van der Waals surface area contributed by atoms with Gasteiger partial charge in [-0.05, 0) is 43.0 Å². The van der Waals surface area contributed by atoms with Crippen LogP contribution >= 0.6 is 0 Å². The van der Waals surface area contributed by atoms with Crippen LogP contribution in [0.15, 0.2) is 42.5 Å². The fourth-order valence-electron chi connectivity index (χ4n) is 2.78. The van der Waals surface area contributed by atoms with Crippen molar-refractivity contribution in [2.24, 2.45) is 5.92 Å². The highest BCUT2D eigenvalue weighted by Crippen LogP contribution is 2.21. The molecule has 0 atom stereocenters. The summed E-state index contributed by atoms with van der Waals surface area (Å²) in [5.41, 5.74) is 1.45. The molecule has 1 aliphatic rings. The summed E-state index contributed by atoms with van der Waals surface area (Å²) in [6.45, 7) is 3.86. The molecule has 0 spiro atoms. The van der Waals surface area contributed by atoms with E-state index in [1.807, 2.05) is 53.2 Å². The maximum atomic E-state index is 12.5. The molecule has 0 unspecified atom stereocenters. The van der Waals surface area contributed by atoms with E-state index in [0.29, 0.717) is 11.6 Å². The standard InChI is InChI=1S/C18H22N4O/c1-14-10-12-22(13-11-14)18(23)16-8-9-17(20-19-16)21(2)15-6-4-3-5-7-15/h3-9,14H,10-13H2,1-2H3. The molecule has 0 aliphatic carbocycles. The molecule has 1 aliphatic heterocycles. The van der Waals surface area contributed by atoms with Crippen molar-refractivity contribution < 1.29 is 4.79 Å². The minimum atomic E-state index is -0.0154. The van der Waals surface area contributed by atoms with E-state index in [1.165, 1.54) is 0 Å². The molecular formula is C18H22N4O. The van der Waals surface area contributed by atoms with E-state index in [2.05, 4.69) is 17.1 Å². The Morgan fingerprint density at radius 1 is 1.09 bits per heavy atom. The first-order valence-electron chi connectivity index (χ1n) is 8.07. The Kier molecular flexibility index (Phi) is 4.55. The highest BCUT2D eigenvalue weighted by atomic mass is 16.2. The Morgan fingerprint density at radius 3 is 2.39 bits per heavy atom. The number of amides is 1. The van der Waals surface area contributed by atoms with Crippen LogP contribution in [0.5, 0.6) is 0 Å². The second-order valence-electron chi connectivity index (χ2n) is 6.15. The SMILES string of the molecule is CC1CCN(C(=O)c2ccc(N(C)c3ccccc3)nn2)CC1. The van der Waals surface area contributed by atoms with E-state index in [1.54, 1.807) is 6.07 Å². The number of carbonyl (C=O) groups is 1. The van der Waals surface area contributed by atoms with Crippen LogP contribution in [-0.4, -0.2) is 41.1 Å². The molecule has 0 radical (unpaired) electrons. The van der Waals surface area contributed by atoms with Gasteiger partial charge in [-0.1, -0.05) is 25.1 Å². The summed E-state index contributed by atoms with van der Waals surface area (Å²) in [5, 5.41) is 8.35. The zero-order valence-corrected chi connectivity index (χ0v) is 13.6. The fourth-order valence-corrected chi connectivity index (χ4v) is 2.78. The van der Waals surface area contributed by atoms with E-state index < -0.39 is 0 Å². The molecular weight excluding hydrogens is 288 g/mol. The molecule has 1 amide bonds. The molecule has 120 valence electrons. The largest absolute Gasteiger partial charge is 0.337 e. The highest BCUT2D eigenvalue weighted by Gasteiger charge is 2.22. The zero-order valence-electron chi connectivity index (χ0n) is 13.6. The second kappa shape index (κ2) is 6.77. The lowest BCUT2D eigenvalue weighted by Gasteiger charge is -2.29. The molecule has 2 aromatic rings. The maximum absolute atomic E-state index is 12.5. The quantitative estimate of drug-likeness (QED) is 0.874. The van der Waals surface area contributed by atoms with Gasteiger partial charge in [0.25, 0.3) is 5.91 Å². The Morgan fingerprint density at radius 2 is 1.78 bits per heavy atom. The van der Waals surface area contributed by atoms with Gasteiger partial charge in [0, 0.05) is 25.8 Å². The number of likely N-dealkylation sites (tertiary alicyclic amines) is 1. The van der Waals surface area contributed by atoms with Gasteiger partial charge in [-0.25, -0.2) is 0 Å². The van der Waals surface area contributed by atoms with Crippen LogP contribution in [0.4, 0.5) is 11.5 Å². The van der Waals surface area contributed by atoms with Crippen molar-refractivity contribution in [2.45, 2.75) is 19.8 Å². The molecule has 5 nitrogen and oxygen atoms in total. The van der Waals surface area contributed by atoms with Gasteiger partial charge in [-0.2, -0.15) is 0 Å². The number of benzene rings is 1. The van der Waals surface area contributed by atoms with Gasteiger partial charge >= 0.3 is 0 Å². The summed E-state index contributed by atoms with van der Waals surface area (Å²) in [6, 6.07) is 13.6. The van der Waals surface area contributed by atoms with Crippen molar-refractivity contribution in [2.75, 3.05) is 25.0 Å². The first kappa shape index (κ1) is 15.5. The Balaban J connectivity index is 1.71. The number of hydrogen-bond acceptors (Lipinski definition) is 4. The molecule has 0 bridgehead atoms. The number of aromatic nitrogens is 2. The summed E-state index contributed by atoms with van der Waals surface area (Å²) in [4.78, 5) is 16.3. The number of carbonyl (C=O) groups excluding carboxylic acids is 1. The van der Waals surface area contributed by atoms with Gasteiger partial charge in [-0.3, -0.25) is 4.79 Å². The van der Waals surface area contributed by atoms with Crippen molar-refractivity contribution in [3.63, 3.8) is 0 Å². The van der Waals surface area contributed by atoms with E-state index in [4.69, 9.17) is 0 Å². The van der Waals surface area contributed by atoms with E-state index in [9.17, 15) is 4.79 Å². The zero-order chi connectivity index (χ0) is 16.2. The first-order valence-corrected chi connectivity index (χ1v) is 8.07. The average Bonchev–Trinajstić information content (AvgIpc) is 2.62.